The average molecular weight is 575 g/mol. The summed E-state index contributed by atoms with van der Waals surface area (Å²) < 4.78 is 62.0. The van der Waals surface area contributed by atoms with Gasteiger partial charge >= 0.3 is 0 Å². The van der Waals surface area contributed by atoms with E-state index in [1.807, 2.05) is 0 Å². The molecule has 0 bridgehead atoms. The third-order valence-corrected chi connectivity index (χ3v) is 9.17. The molecule has 4 aliphatic carbocycles. The minimum atomic E-state index is -3.26. The quantitative estimate of drug-likeness (QED) is 0.245. The van der Waals surface area contributed by atoms with E-state index in [4.69, 9.17) is 0 Å². The van der Waals surface area contributed by atoms with E-state index in [2.05, 4.69) is 10.6 Å². The van der Waals surface area contributed by atoms with Gasteiger partial charge in [0.05, 0.1) is 24.2 Å². The van der Waals surface area contributed by atoms with Crippen LogP contribution >= 0.6 is 0 Å². The summed E-state index contributed by atoms with van der Waals surface area (Å²) in [5, 5.41) is 25.6. The summed E-state index contributed by atoms with van der Waals surface area (Å²) in [5.41, 5.74) is -1.89. The maximum atomic E-state index is 12.5. The van der Waals surface area contributed by atoms with Crippen molar-refractivity contribution in [2.75, 3.05) is 0 Å². The van der Waals surface area contributed by atoms with Crippen LogP contribution in [0.3, 0.4) is 0 Å². The Labute approximate surface area is 237 Å². The van der Waals surface area contributed by atoms with Crippen molar-refractivity contribution in [3.05, 3.63) is 29.1 Å². The first-order valence-corrected chi connectivity index (χ1v) is 15.8. The predicted molar refractivity (Wildman–Crippen MR) is 143 cm³/mol. The largest absolute Gasteiger partial charge is 0.889 e. The Bertz CT molecular complexity index is 775. The first-order chi connectivity index (χ1) is 19.3. The van der Waals surface area contributed by atoms with Crippen LogP contribution in [0.2, 0.25) is 0 Å². The van der Waals surface area contributed by atoms with Crippen LogP contribution in [0.5, 0.6) is 0 Å². The molecule has 0 atom stereocenters. The molecule has 4 nitrogen and oxygen atoms in total. The lowest BCUT2D eigenvalue weighted by atomic mass is 9.79. The molecule has 0 amide bonds. The Morgan fingerprint density at radius 1 is 0.400 bits per heavy atom. The second-order valence-electron chi connectivity index (χ2n) is 12.3. The third kappa shape index (κ3) is 10.6. The van der Waals surface area contributed by atoms with Gasteiger partial charge in [0.15, 0.2) is 29.1 Å². The van der Waals surface area contributed by atoms with Crippen molar-refractivity contribution in [3.8, 4) is 0 Å². The molecule has 0 saturated heterocycles. The lowest BCUT2D eigenvalue weighted by Crippen LogP contribution is -2.95. The molecule has 4 N–H and O–H groups in total. The van der Waals surface area contributed by atoms with E-state index < -0.39 is 41.7 Å². The van der Waals surface area contributed by atoms with Crippen LogP contribution in [0.1, 0.15) is 128 Å². The normalized spacial score (nSPS) is 21.7. The molecule has 5 rings (SSSR count). The van der Waals surface area contributed by atoms with Crippen LogP contribution in [0.4, 0.5) is 22.0 Å². The molecule has 0 unspecified atom stereocenters. The molecule has 0 aromatic heterocycles. The molecule has 4 fully saturated rings. The van der Waals surface area contributed by atoms with Crippen molar-refractivity contribution < 1.29 is 42.6 Å². The lowest BCUT2D eigenvalue weighted by Gasteiger charge is -2.27. The van der Waals surface area contributed by atoms with Gasteiger partial charge in [0.2, 0.25) is 0 Å². The molecule has 4 saturated carbocycles. The number of hydrogen-bond donors (Lipinski definition) is 2. The summed E-state index contributed by atoms with van der Waals surface area (Å²) >= 11 is 0. The lowest BCUT2D eigenvalue weighted by molar-refractivity contribution is -0.726. The maximum absolute atomic E-state index is 12.5. The van der Waals surface area contributed by atoms with E-state index in [1.54, 1.807) is 0 Å². The van der Waals surface area contributed by atoms with Gasteiger partial charge in [-0.05, 0) is 108 Å². The molecule has 228 valence electrons. The fraction of sp³-hybridized carbons (Fsp3) is 0.800. The Morgan fingerprint density at radius 3 is 0.850 bits per heavy atom. The second-order valence-corrected chi connectivity index (χ2v) is 12.3. The molecular weight excluding hydrogens is 526 g/mol. The second kappa shape index (κ2) is 17.7. The fourth-order valence-corrected chi connectivity index (χ4v) is 6.91. The van der Waals surface area contributed by atoms with Crippen LogP contribution in [0.25, 0.3) is 0 Å². The average Bonchev–Trinajstić information content (AvgIpc) is 2.98. The number of halogens is 5. The van der Waals surface area contributed by atoms with Crippen LogP contribution in [-0.2, 0) is 0 Å². The van der Waals surface area contributed by atoms with Crippen LogP contribution in [0.15, 0.2) is 0 Å². The van der Waals surface area contributed by atoms with Gasteiger partial charge < -0.3 is 20.7 Å². The molecule has 0 heterocycles. The molecule has 0 aliphatic heterocycles. The third-order valence-electron chi connectivity index (χ3n) is 9.17. The SMILES string of the molecule is C1CCC([NH2+]C2CCCCC2)CC1.C1CCC([NH2+]C2CCCCC2)CC1.[O-]B([O-])c1c(F)c(F)c(F)c(F)c1F. The highest BCUT2D eigenvalue weighted by Crippen LogP contribution is 2.20. The summed E-state index contributed by atoms with van der Waals surface area (Å²) in [6, 6.07) is 3.99. The Morgan fingerprint density at radius 2 is 0.625 bits per heavy atom. The smallest absolute Gasteiger partial charge is 0.200 e. The van der Waals surface area contributed by atoms with E-state index in [0.717, 1.165) is 24.2 Å². The van der Waals surface area contributed by atoms with Crippen molar-refractivity contribution in [2.24, 2.45) is 0 Å². The van der Waals surface area contributed by atoms with Gasteiger partial charge in [-0.2, -0.15) is 0 Å². The van der Waals surface area contributed by atoms with Crippen LogP contribution < -0.4 is 26.1 Å². The molecule has 1 aromatic carbocycles. The molecule has 4 aliphatic rings. The Balaban J connectivity index is 0.000000165. The van der Waals surface area contributed by atoms with Gasteiger partial charge in [-0.15, -0.1) is 0 Å². The number of benzene rings is 1. The minimum absolute atomic E-state index is 0.997. The molecule has 0 radical (unpaired) electrons. The van der Waals surface area contributed by atoms with Gasteiger partial charge in [0, 0.05) is 0 Å². The maximum Gasteiger partial charge on any atom is 0.200 e. The number of nitrogens with two attached hydrogens (primary N) is 2. The summed E-state index contributed by atoms with van der Waals surface area (Å²) in [6.07, 6.45) is 29.9. The van der Waals surface area contributed by atoms with E-state index in [-0.39, 0.29) is 0 Å². The van der Waals surface area contributed by atoms with Crippen molar-refractivity contribution in [3.63, 3.8) is 0 Å². The van der Waals surface area contributed by atoms with Gasteiger partial charge in [0.1, 0.15) is 0 Å². The number of hydrogen-bond acceptors (Lipinski definition) is 2. The predicted octanol–water partition coefficient (Wildman–Crippen LogP) is 3.23. The zero-order valence-corrected chi connectivity index (χ0v) is 23.9. The molecule has 0 spiro atoms. The van der Waals surface area contributed by atoms with Crippen molar-refractivity contribution in [1.82, 2.24) is 0 Å². The summed E-state index contributed by atoms with van der Waals surface area (Å²) in [7, 11) is -3.26. The monoisotopic (exact) mass is 574 g/mol. The summed E-state index contributed by atoms with van der Waals surface area (Å²) in [4.78, 5) is 0. The van der Waals surface area contributed by atoms with E-state index in [0.29, 0.717) is 0 Å². The van der Waals surface area contributed by atoms with Gasteiger partial charge in [-0.3, -0.25) is 0 Å². The summed E-state index contributed by atoms with van der Waals surface area (Å²) in [5.74, 6) is -11.7. The van der Waals surface area contributed by atoms with E-state index in [1.165, 1.54) is 128 Å². The standard InChI is InChI=1S/2C12H23N.C6BF5O2/c2*1-3-7-11(8-4-1)13-12-9-5-2-6-10-12;8-2-1(7(13)14)3(9)5(11)6(12)4(2)10/h2*11-13H,1-10H2;/q;;-2/p+2. The Kier molecular flexibility index (Phi) is 14.7. The molecular formula is C30H48BF5N2O2. The molecule has 10 heteroatoms. The Hall–Kier alpha value is -1.23. The highest BCUT2D eigenvalue weighted by molar-refractivity contribution is 6.55. The first kappa shape index (κ1) is 33.3. The van der Waals surface area contributed by atoms with Crippen LogP contribution in [-0.4, -0.2) is 31.3 Å². The highest BCUT2D eigenvalue weighted by atomic mass is 19.2. The molecule has 40 heavy (non-hydrogen) atoms. The van der Waals surface area contributed by atoms with Gasteiger partial charge in [-0.1, -0.05) is 32.8 Å². The van der Waals surface area contributed by atoms with Gasteiger partial charge in [0.25, 0.3) is 0 Å². The summed E-state index contributed by atoms with van der Waals surface area (Å²) in [6.45, 7) is 0. The van der Waals surface area contributed by atoms with Crippen LogP contribution in [0, 0.1) is 29.1 Å². The number of quaternary nitrogens is 2. The topological polar surface area (TPSA) is 79.3 Å². The van der Waals surface area contributed by atoms with Crippen molar-refractivity contribution in [2.45, 2.75) is 153 Å². The van der Waals surface area contributed by atoms with Gasteiger partial charge in [-0.25, -0.2) is 22.0 Å². The highest BCUT2D eigenvalue weighted by Gasteiger charge is 2.25. The molecule has 1 aromatic rings. The van der Waals surface area contributed by atoms with E-state index in [9.17, 15) is 32.0 Å². The zero-order chi connectivity index (χ0) is 28.9. The van der Waals surface area contributed by atoms with E-state index >= 15 is 0 Å². The zero-order valence-electron chi connectivity index (χ0n) is 23.9. The van der Waals surface area contributed by atoms with Crippen molar-refractivity contribution in [1.29, 1.82) is 0 Å². The fourth-order valence-electron chi connectivity index (χ4n) is 6.91. The minimum Gasteiger partial charge on any atom is -0.889 e. The van der Waals surface area contributed by atoms with Crippen molar-refractivity contribution >= 4 is 12.6 Å². The first-order valence-electron chi connectivity index (χ1n) is 15.8. The number of rotatable bonds is 5.